The van der Waals surface area contributed by atoms with Crippen molar-refractivity contribution in [3.63, 3.8) is 0 Å². The van der Waals surface area contributed by atoms with Gasteiger partial charge in [-0.05, 0) is 96.2 Å². The lowest BCUT2D eigenvalue weighted by atomic mass is 9.85. The summed E-state index contributed by atoms with van der Waals surface area (Å²) in [5.74, 6) is -1.92. The Bertz CT molecular complexity index is 1720. The minimum absolute atomic E-state index is 0.0440. The molecule has 6 nitrogen and oxygen atoms in total. The molecule has 4 aromatic rings. The number of ether oxygens (including phenoxy) is 1. The van der Waals surface area contributed by atoms with E-state index in [1.165, 1.54) is 29.2 Å². The monoisotopic (exact) mass is 748 g/mol. The van der Waals surface area contributed by atoms with Crippen molar-refractivity contribution >= 4 is 41.9 Å². The van der Waals surface area contributed by atoms with Crippen LogP contribution in [-0.4, -0.2) is 31.8 Å². The molecule has 10 heteroatoms. The molecule has 258 valence electrons. The van der Waals surface area contributed by atoms with Crippen LogP contribution in [0.3, 0.4) is 0 Å². The van der Waals surface area contributed by atoms with Crippen molar-refractivity contribution < 1.29 is 27.5 Å². The zero-order chi connectivity index (χ0) is 35.3. The number of imide groups is 1. The van der Waals surface area contributed by atoms with Gasteiger partial charge in [0.15, 0.2) is 8.32 Å². The Morgan fingerprint density at radius 2 is 1.47 bits per heavy atom. The lowest BCUT2D eigenvalue weighted by Gasteiger charge is -2.40. The number of nitrogens with zero attached hydrogens (tertiary/aromatic N) is 1. The molecule has 4 atom stereocenters. The van der Waals surface area contributed by atoms with Crippen molar-refractivity contribution in [2.24, 2.45) is 5.92 Å². The summed E-state index contributed by atoms with van der Waals surface area (Å²) in [4.78, 5) is 29.5. The first kappa shape index (κ1) is 36.4. The Balaban J connectivity index is 1.58. The van der Waals surface area contributed by atoms with E-state index in [4.69, 9.17) is 9.16 Å². The highest BCUT2D eigenvalue weighted by Gasteiger charge is 2.45. The van der Waals surface area contributed by atoms with Crippen LogP contribution in [0.25, 0.3) is 0 Å². The van der Waals surface area contributed by atoms with E-state index in [2.05, 4.69) is 55.1 Å². The number of nitrogens with one attached hydrogen (secondary N) is 1. The molecule has 0 bridgehead atoms. The number of hydrogen-bond donors (Lipinski definition) is 1. The molecule has 0 saturated carbocycles. The molecule has 0 aliphatic carbocycles. The minimum atomic E-state index is -2.34. The van der Waals surface area contributed by atoms with Crippen LogP contribution in [0.5, 0.6) is 0 Å². The number of anilines is 1. The second kappa shape index (κ2) is 15.4. The van der Waals surface area contributed by atoms with Crippen LogP contribution >= 0.6 is 15.9 Å². The molecule has 0 aromatic heterocycles. The maximum Gasteiger partial charge on any atom is 0.417 e. The number of benzene rings is 4. The number of carbonyl (C=O) groups is 2. The molecule has 4 aromatic carbocycles. The highest BCUT2D eigenvalue weighted by molar-refractivity contribution is 9.10. The summed E-state index contributed by atoms with van der Waals surface area (Å²) in [6, 6.07) is 28.1. The van der Waals surface area contributed by atoms with Crippen molar-refractivity contribution in [2.75, 3.05) is 11.9 Å². The topological polar surface area (TPSA) is 67.9 Å². The molecule has 1 heterocycles. The van der Waals surface area contributed by atoms with Gasteiger partial charge < -0.3 is 14.5 Å². The summed E-state index contributed by atoms with van der Waals surface area (Å²) >= 11 is 3.52. The van der Waals surface area contributed by atoms with Crippen molar-refractivity contribution in [2.45, 2.75) is 69.9 Å². The SMILES string of the molecule is CC(C)(C)[Si](C)(C)OC(CCC(C(=O)N1C(=O)OCC1c1ccccc1)C(Nc1ccc(F)cc1)c1ccc(Br)cc1)c1ccc(F)cc1. The molecular formula is C39H43BrF2N2O4Si. The molecule has 0 spiro atoms. The standard InChI is InChI=1S/C39H43BrF2N2O4Si/c1-39(2,3)49(4,5)48-35(27-13-17-30(41)18-14-27)24-23-33(37(45)44-34(25-47-38(44)46)26-9-7-6-8-10-26)36(28-11-15-29(40)16-12-28)43-32-21-19-31(42)20-22-32/h6-22,33-36,43H,23-25H2,1-5H3. The van der Waals surface area contributed by atoms with Gasteiger partial charge in [0.25, 0.3) is 0 Å². The zero-order valence-electron chi connectivity index (χ0n) is 28.5. The molecule has 4 unspecified atom stereocenters. The van der Waals surface area contributed by atoms with Gasteiger partial charge in [0, 0.05) is 10.2 Å². The van der Waals surface area contributed by atoms with Gasteiger partial charge in [-0.25, -0.2) is 18.5 Å². The highest BCUT2D eigenvalue weighted by Crippen LogP contribution is 2.43. The van der Waals surface area contributed by atoms with Gasteiger partial charge in [0.05, 0.1) is 18.1 Å². The molecule has 1 fully saturated rings. The molecule has 2 amide bonds. The van der Waals surface area contributed by atoms with Crippen molar-refractivity contribution in [3.8, 4) is 0 Å². The van der Waals surface area contributed by atoms with Crippen LogP contribution in [0.15, 0.2) is 108 Å². The Morgan fingerprint density at radius 3 is 2.06 bits per heavy atom. The van der Waals surface area contributed by atoms with Gasteiger partial charge >= 0.3 is 6.09 Å². The van der Waals surface area contributed by atoms with E-state index in [0.717, 1.165) is 21.2 Å². The summed E-state index contributed by atoms with van der Waals surface area (Å²) in [6.07, 6.45) is -0.433. The average Bonchev–Trinajstić information content (AvgIpc) is 3.46. The highest BCUT2D eigenvalue weighted by atomic mass is 79.9. The first-order chi connectivity index (χ1) is 23.2. The molecule has 5 rings (SSSR count). The van der Waals surface area contributed by atoms with Crippen molar-refractivity contribution in [3.05, 3.63) is 136 Å². The van der Waals surface area contributed by atoms with Gasteiger partial charge in [0.2, 0.25) is 5.91 Å². The van der Waals surface area contributed by atoms with Gasteiger partial charge in [-0.1, -0.05) is 91.3 Å². The second-order valence-electron chi connectivity index (χ2n) is 14.0. The average molecular weight is 750 g/mol. The largest absolute Gasteiger partial charge is 0.446 e. The fourth-order valence-electron chi connectivity index (χ4n) is 5.84. The normalized spacial score (nSPS) is 16.9. The fourth-order valence-corrected chi connectivity index (χ4v) is 7.43. The lowest BCUT2D eigenvalue weighted by Crippen LogP contribution is -2.43. The van der Waals surface area contributed by atoms with E-state index in [-0.39, 0.29) is 23.3 Å². The Morgan fingerprint density at radius 1 is 0.898 bits per heavy atom. The maximum atomic E-state index is 14.9. The van der Waals surface area contributed by atoms with Crippen LogP contribution in [-0.2, 0) is 14.0 Å². The number of rotatable bonds is 12. The van der Waals surface area contributed by atoms with E-state index in [9.17, 15) is 18.4 Å². The molecule has 0 radical (unpaired) electrons. The third kappa shape index (κ3) is 8.84. The molecule has 1 N–H and O–H groups in total. The van der Waals surface area contributed by atoms with E-state index in [1.807, 2.05) is 54.6 Å². The lowest BCUT2D eigenvalue weighted by molar-refractivity contribution is -0.134. The Hall–Kier alpha value is -3.86. The Labute approximate surface area is 297 Å². The van der Waals surface area contributed by atoms with Crippen LogP contribution in [0.1, 0.15) is 68.5 Å². The van der Waals surface area contributed by atoms with Crippen LogP contribution in [0.4, 0.5) is 19.3 Å². The van der Waals surface area contributed by atoms with E-state index < -0.39 is 44.4 Å². The van der Waals surface area contributed by atoms with Gasteiger partial charge in [-0.15, -0.1) is 0 Å². The Kier molecular flexibility index (Phi) is 11.4. The third-order valence-electron chi connectivity index (χ3n) is 9.63. The number of amides is 2. The quantitative estimate of drug-likeness (QED) is 0.146. The van der Waals surface area contributed by atoms with Gasteiger partial charge in [-0.3, -0.25) is 4.79 Å². The van der Waals surface area contributed by atoms with E-state index in [1.54, 1.807) is 24.3 Å². The van der Waals surface area contributed by atoms with Crippen LogP contribution in [0.2, 0.25) is 18.1 Å². The predicted octanol–water partition coefficient (Wildman–Crippen LogP) is 10.8. The number of cyclic esters (lactones) is 1. The summed E-state index contributed by atoms with van der Waals surface area (Å²) in [7, 11) is -2.34. The van der Waals surface area contributed by atoms with Gasteiger partial charge in [-0.2, -0.15) is 0 Å². The van der Waals surface area contributed by atoms with E-state index in [0.29, 0.717) is 18.5 Å². The summed E-state index contributed by atoms with van der Waals surface area (Å²) in [5, 5.41) is 3.39. The van der Waals surface area contributed by atoms with Gasteiger partial charge in [0.1, 0.15) is 24.3 Å². The third-order valence-corrected chi connectivity index (χ3v) is 14.6. The van der Waals surface area contributed by atoms with Crippen molar-refractivity contribution in [1.82, 2.24) is 4.90 Å². The fraction of sp³-hybridized carbons (Fsp3) is 0.333. The minimum Gasteiger partial charge on any atom is -0.446 e. The number of halogens is 3. The predicted molar refractivity (Wildman–Crippen MR) is 194 cm³/mol. The molecule has 1 saturated heterocycles. The molecule has 1 aliphatic rings. The summed E-state index contributed by atoms with van der Waals surface area (Å²) in [6.45, 7) is 10.8. The number of hydrogen-bond acceptors (Lipinski definition) is 5. The smallest absolute Gasteiger partial charge is 0.417 e. The zero-order valence-corrected chi connectivity index (χ0v) is 31.0. The number of carbonyl (C=O) groups excluding carboxylic acids is 2. The molecular weight excluding hydrogens is 706 g/mol. The van der Waals surface area contributed by atoms with E-state index >= 15 is 0 Å². The first-order valence-corrected chi connectivity index (χ1v) is 20.2. The van der Waals surface area contributed by atoms with Crippen LogP contribution in [0, 0.1) is 17.6 Å². The first-order valence-electron chi connectivity index (χ1n) is 16.5. The van der Waals surface area contributed by atoms with Crippen LogP contribution < -0.4 is 5.32 Å². The maximum absolute atomic E-state index is 14.9. The second-order valence-corrected chi connectivity index (χ2v) is 19.7. The van der Waals surface area contributed by atoms with Crippen molar-refractivity contribution in [1.29, 1.82) is 0 Å². The molecule has 49 heavy (non-hydrogen) atoms. The molecule has 1 aliphatic heterocycles. The summed E-state index contributed by atoms with van der Waals surface area (Å²) in [5.41, 5.74) is 3.02. The summed E-state index contributed by atoms with van der Waals surface area (Å²) < 4.78 is 41.4.